The normalized spacial score (nSPS) is 11.7. The molecule has 132 valence electrons. The van der Waals surface area contributed by atoms with E-state index in [0.29, 0.717) is 11.3 Å². The number of benzene rings is 2. The molecular weight excluding hydrogens is 334 g/mol. The predicted molar refractivity (Wildman–Crippen MR) is 86.8 cm³/mol. The van der Waals surface area contributed by atoms with Gasteiger partial charge in [0.1, 0.15) is 11.5 Å². The number of rotatable bonds is 7. The van der Waals surface area contributed by atoms with Gasteiger partial charge in [0.2, 0.25) is 5.91 Å². The number of amides is 2. The highest BCUT2D eigenvalue weighted by Crippen LogP contribution is 2.26. The van der Waals surface area contributed by atoms with Gasteiger partial charge in [0, 0.05) is 5.56 Å². The van der Waals surface area contributed by atoms with Crippen LogP contribution in [0.3, 0.4) is 0 Å². The lowest BCUT2D eigenvalue weighted by atomic mass is 10.2. The first kappa shape index (κ1) is 18.2. The highest BCUT2D eigenvalue weighted by Gasteiger charge is 2.18. The first-order valence-corrected chi connectivity index (χ1v) is 7.28. The molecule has 25 heavy (non-hydrogen) atoms. The fourth-order valence-electron chi connectivity index (χ4n) is 1.96. The zero-order chi connectivity index (χ0) is 18.4. The SMILES string of the molecule is C[C@@H](Oc1ccc(C(N)=O)cc1)C(=O)Nc1ccccc1OC(F)F. The molecule has 0 radical (unpaired) electrons. The van der Waals surface area contributed by atoms with Gasteiger partial charge in [-0.1, -0.05) is 12.1 Å². The number of halogens is 2. The molecule has 1 atom stereocenters. The number of ether oxygens (including phenoxy) is 2. The van der Waals surface area contributed by atoms with Gasteiger partial charge in [0.05, 0.1) is 5.69 Å². The van der Waals surface area contributed by atoms with Crippen LogP contribution >= 0.6 is 0 Å². The maximum Gasteiger partial charge on any atom is 0.387 e. The van der Waals surface area contributed by atoms with Gasteiger partial charge >= 0.3 is 6.61 Å². The summed E-state index contributed by atoms with van der Waals surface area (Å²) >= 11 is 0. The number of hydrogen-bond donors (Lipinski definition) is 2. The second-order valence-corrected chi connectivity index (χ2v) is 5.01. The molecule has 2 aromatic carbocycles. The third-order valence-corrected chi connectivity index (χ3v) is 3.18. The van der Waals surface area contributed by atoms with Crippen LogP contribution in [0.25, 0.3) is 0 Å². The Morgan fingerprint density at radius 1 is 1.04 bits per heavy atom. The second kappa shape index (κ2) is 8.09. The molecule has 0 saturated heterocycles. The van der Waals surface area contributed by atoms with Crippen LogP contribution in [0.1, 0.15) is 17.3 Å². The van der Waals surface area contributed by atoms with Gasteiger partial charge in [0.25, 0.3) is 5.91 Å². The molecule has 0 aliphatic carbocycles. The van der Waals surface area contributed by atoms with Crippen LogP contribution in [0.4, 0.5) is 14.5 Å². The van der Waals surface area contributed by atoms with Crippen LogP contribution in [0.2, 0.25) is 0 Å². The van der Waals surface area contributed by atoms with Crippen molar-refractivity contribution in [2.24, 2.45) is 5.73 Å². The summed E-state index contributed by atoms with van der Waals surface area (Å²) in [6.45, 7) is -1.51. The van der Waals surface area contributed by atoms with E-state index in [-0.39, 0.29) is 11.4 Å². The molecule has 6 nitrogen and oxygen atoms in total. The fraction of sp³-hybridized carbons (Fsp3) is 0.176. The third-order valence-electron chi connectivity index (χ3n) is 3.18. The Bertz CT molecular complexity index is 751. The molecule has 0 fully saturated rings. The van der Waals surface area contributed by atoms with E-state index < -0.39 is 24.5 Å². The average Bonchev–Trinajstić information content (AvgIpc) is 2.56. The molecule has 0 aliphatic rings. The number of alkyl halides is 2. The lowest BCUT2D eigenvalue weighted by molar-refractivity contribution is -0.122. The van der Waals surface area contributed by atoms with Crippen molar-refractivity contribution in [1.82, 2.24) is 0 Å². The Kier molecular flexibility index (Phi) is 5.89. The van der Waals surface area contributed by atoms with E-state index >= 15 is 0 Å². The molecular formula is C17H16F2N2O4. The van der Waals surface area contributed by atoms with Crippen molar-refractivity contribution >= 4 is 17.5 Å². The molecule has 8 heteroatoms. The van der Waals surface area contributed by atoms with Crippen LogP contribution in [0, 0.1) is 0 Å². The third kappa shape index (κ3) is 5.17. The number of carbonyl (C=O) groups is 2. The standard InChI is InChI=1S/C17H16F2N2O4/c1-10(24-12-8-6-11(7-9-12)15(20)22)16(23)21-13-4-2-3-5-14(13)25-17(18)19/h2-10,17H,1H3,(H2,20,22)(H,21,23)/t10-/m1/s1. The summed E-state index contributed by atoms with van der Waals surface area (Å²) < 4.78 is 34.6. The molecule has 0 spiro atoms. The summed E-state index contributed by atoms with van der Waals surface area (Å²) in [6, 6.07) is 11.8. The minimum atomic E-state index is -3.00. The van der Waals surface area contributed by atoms with Crippen molar-refractivity contribution in [3.05, 3.63) is 54.1 Å². The van der Waals surface area contributed by atoms with Crippen LogP contribution in [-0.4, -0.2) is 24.5 Å². The van der Waals surface area contributed by atoms with Crippen molar-refractivity contribution in [3.8, 4) is 11.5 Å². The van der Waals surface area contributed by atoms with Gasteiger partial charge in [-0.05, 0) is 43.3 Å². The molecule has 3 N–H and O–H groups in total. The van der Waals surface area contributed by atoms with E-state index in [1.54, 1.807) is 6.07 Å². The van der Waals surface area contributed by atoms with Crippen molar-refractivity contribution in [2.45, 2.75) is 19.6 Å². The minimum Gasteiger partial charge on any atom is -0.481 e. The van der Waals surface area contributed by atoms with Crippen LogP contribution in [0.5, 0.6) is 11.5 Å². The highest BCUT2D eigenvalue weighted by atomic mass is 19.3. The Morgan fingerprint density at radius 3 is 2.28 bits per heavy atom. The van der Waals surface area contributed by atoms with Crippen LogP contribution in [0.15, 0.2) is 48.5 Å². The van der Waals surface area contributed by atoms with Gasteiger partial charge in [-0.15, -0.1) is 0 Å². The minimum absolute atomic E-state index is 0.104. The molecule has 0 unspecified atom stereocenters. The topological polar surface area (TPSA) is 90.7 Å². The number of anilines is 1. The van der Waals surface area contributed by atoms with E-state index in [4.69, 9.17) is 10.5 Å². The van der Waals surface area contributed by atoms with Gasteiger partial charge in [-0.2, -0.15) is 8.78 Å². The van der Waals surface area contributed by atoms with Gasteiger partial charge in [-0.3, -0.25) is 9.59 Å². The maximum atomic E-state index is 12.4. The summed E-state index contributed by atoms with van der Waals surface area (Å²) in [5.74, 6) is -0.925. The number of primary amides is 1. The molecule has 2 amide bonds. The van der Waals surface area contributed by atoms with E-state index in [9.17, 15) is 18.4 Å². The lowest BCUT2D eigenvalue weighted by Crippen LogP contribution is -2.30. The summed E-state index contributed by atoms with van der Waals surface area (Å²) in [5.41, 5.74) is 5.55. The molecule has 0 bridgehead atoms. The Morgan fingerprint density at radius 2 is 1.68 bits per heavy atom. The summed E-state index contributed by atoms with van der Waals surface area (Å²) in [5, 5.41) is 2.47. The van der Waals surface area contributed by atoms with E-state index in [2.05, 4.69) is 10.1 Å². The monoisotopic (exact) mass is 350 g/mol. The van der Waals surface area contributed by atoms with Crippen molar-refractivity contribution in [2.75, 3.05) is 5.32 Å². The summed E-state index contributed by atoms with van der Waals surface area (Å²) in [4.78, 5) is 23.2. The van der Waals surface area contributed by atoms with Crippen molar-refractivity contribution in [3.63, 3.8) is 0 Å². The first-order valence-electron chi connectivity index (χ1n) is 7.28. The van der Waals surface area contributed by atoms with Gasteiger partial charge in [-0.25, -0.2) is 0 Å². The van der Waals surface area contributed by atoms with Gasteiger partial charge in [0.15, 0.2) is 6.10 Å². The van der Waals surface area contributed by atoms with E-state index in [0.717, 1.165) is 0 Å². The maximum absolute atomic E-state index is 12.4. The molecule has 0 heterocycles. The highest BCUT2D eigenvalue weighted by molar-refractivity contribution is 5.95. The smallest absolute Gasteiger partial charge is 0.387 e. The lowest BCUT2D eigenvalue weighted by Gasteiger charge is -2.16. The molecule has 0 saturated carbocycles. The summed E-state index contributed by atoms with van der Waals surface area (Å²) in [7, 11) is 0. The Hall–Kier alpha value is -3.16. The Labute approximate surface area is 142 Å². The molecule has 0 aliphatic heterocycles. The van der Waals surface area contributed by atoms with E-state index in [1.807, 2.05) is 0 Å². The summed E-state index contributed by atoms with van der Waals surface area (Å²) in [6.07, 6.45) is -0.918. The molecule has 2 rings (SSSR count). The molecule has 0 aromatic heterocycles. The predicted octanol–water partition coefficient (Wildman–Crippen LogP) is 2.79. The van der Waals surface area contributed by atoms with Crippen molar-refractivity contribution in [1.29, 1.82) is 0 Å². The van der Waals surface area contributed by atoms with Crippen molar-refractivity contribution < 1.29 is 27.8 Å². The van der Waals surface area contributed by atoms with E-state index in [1.165, 1.54) is 49.4 Å². The molecule has 2 aromatic rings. The second-order valence-electron chi connectivity index (χ2n) is 5.01. The fourth-order valence-corrected chi connectivity index (χ4v) is 1.96. The zero-order valence-corrected chi connectivity index (χ0v) is 13.2. The first-order chi connectivity index (χ1) is 11.9. The average molecular weight is 350 g/mol. The number of nitrogens with one attached hydrogen (secondary N) is 1. The Balaban J connectivity index is 2.02. The zero-order valence-electron chi connectivity index (χ0n) is 13.2. The van der Waals surface area contributed by atoms with Crippen LogP contribution < -0.4 is 20.5 Å². The number of hydrogen-bond acceptors (Lipinski definition) is 4. The largest absolute Gasteiger partial charge is 0.481 e. The quantitative estimate of drug-likeness (QED) is 0.803. The number of nitrogens with two attached hydrogens (primary N) is 1. The van der Waals surface area contributed by atoms with Gasteiger partial charge < -0.3 is 20.5 Å². The van der Waals surface area contributed by atoms with Crippen LogP contribution in [-0.2, 0) is 4.79 Å². The number of carbonyl (C=O) groups excluding carboxylic acids is 2. The number of para-hydroxylation sites is 2.